The molecule has 3 rings (SSSR count). The van der Waals surface area contributed by atoms with Crippen molar-refractivity contribution in [1.82, 2.24) is 0 Å². The van der Waals surface area contributed by atoms with Crippen LogP contribution < -0.4 is 4.74 Å². The summed E-state index contributed by atoms with van der Waals surface area (Å²) in [6.07, 6.45) is -13.6. The molecule has 34 heavy (non-hydrogen) atoms. The minimum Gasteiger partial charge on any atom is -0.504 e. The fourth-order valence-electron chi connectivity index (χ4n) is 3.66. The molecule has 1 aromatic rings. The average molecular weight is 492 g/mol. The zero-order valence-corrected chi connectivity index (χ0v) is 18.0. The van der Waals surface area contributed by atoms with E-state index in [0.717, 1.165) is 0 Å². The van der Waals surface area contributed by atoms with Crippen LogP contribution in [0.5, 0.6) is 11.5 Å². The number of benzene rings is 1. The van der Waals surface area contributed by atoms with Crippen LogP contribution in [0.2, 0.25) is 0 Å². The lowest BCUT2D eigenvalue weighted by Crippen LogP contribution is -2.62. The zero-order valence-electron chi connectivity index (χ0n) is 18.0. The standard InChI is InChI=1S/C20H28O14/c1-30-10-4-8(2-3-9(10)23)18(29)31-6-12-13(24)15(26)16(27)19(32-12)34-20(7-22)17(28)14(25)11(5-21)33-20/h2-4,11-17,19,21-28H,5-7H2,1H3/t11-,12+,13+,14-,15-,16+,17+,19+,20+/m1/s1. The summed E-state index contributed by atoms with van der Waals surface area (Å²) in [7, 11) is 1.29. The lowest BCUT2D eigenvalue weighted by molar-refractivity contribution is -0.383. The molecule has 0 bridgehead atoms. The summed E-state index contributed by atoms with van der Waals surface area (Å²) in [5, 5.41) is 79.6. The van der Waals surface area contributed by atoms with E-state index in [2.05, 4.69) is 0 Å². The molecule has 8 N–H and O–H groups in total. The Morgan fingerprint density at radius 3 is 2.32 bits per heavy atom. The van der Waals surface area contributed by atoms with Gasteiger partial charge in [-0.2, -0.15) is 0 Å². The van der Waals surface area contributed by atoms with Crippen molar-refractivity contribution in [2.24, 2.45) is 0 Å². The molecule has 192 valence electrons. The van der Waals surface area contributed by atoms with Gasteiger partial charge in [-0.3, -0.25) is 0 Å². The normalized spacial score (nSPS) is 38.0. The van der Waals surface area contributed by atoms with Crippen LogP contribution >= 0.6 is 0 Å². The van der Waals surface area contributed by atoms with Gasteiger partial charge in [0.25, 0.3) is 0 Å². The van der Waals surface area contributed by atoms with Gasteiger partial charge in [0.15, 0.2) is 17.8 Å². The van der Waals surface area contributed by atoms with E-state index in [-0.39, 0.29) is 17.1 Å². The van der Waals surface area contributed by atoms with Crippen molar-refractivity contribution in [1.29, 1.82) is 0 Å². The third kappa shape index (κ3) is 4.96. The number of phenols is 1. The highest BCUT2D eigenvalue weighted by molar-refractivity contribution is 5.90. The maximum atomic E-state index is 12.3. The number of methoxy groups -OCH3 is 1. The third-order valence-electron chi connectivity index (χ3n) is 5.68. The summed E-state index contributed by atoms with van der Waals surface area (Å²) < 4.78 is 26.0. The fraction of sp³-hybridized carbons (Fsp3) is 0.650. The minimum atomic E-state index is -2.33. The molecule has 0 spiro atoms. The molecule has 0 amide bonds. The molecule has 14 nitrogen and oxygen atoms in total. The Hall–Kier alpha value is -2.11. The first kappa shape index (κ1) is 26.5. The van der Waals surface area contributed by atoms with Crippen LogP contribution in [0.15, 0.2) is 18.2 Å². The van der Waals surface area contributed by atoms with Crippen LogP contribution in [0, 0.1) is 0 Å². The van der Waals surface area contributed by atoms with E-state index >= 15 is 0 Å². The first-order chi connectivity index (χ1) is 16.1. The van der Waals surface area contributed by atoms with Crippen molar-refractivity contribution < 1.29 is 69.3 Å². The number of ether oxygens (including phenoxy) is 5. The van der Waals surface area contributed by atoms with Crippen molar-refractivity contribution in [2.75, 3.05) is 26.9 Å². The van der Waals surface area contributed by atoms with Crippen molar-refractivity contribution >= 4 is 5.97 Å². The number of aromatic hydroxyl groups is 1. The summed E-state index contributed by atoms with van der Waals surface area (Å²) in [5.41, 5.74) is -0.000855. The second kappa shape index (κ2) is 10.7. The van der Waals surface area contributed by atoms with E-state index < -0.39 is 80.6 Å². The van der Waals surface area contributed by atoms with Gasteiger partial charge in [-0.05, 0) is 18.2 Å². The van der Waals surface area contributed by atoms with E-state index in [4.69, 9.17) is 23.7 Å². The van der Waals surface area contributed by atoms with Gasteiger partial charge in [-0.25, -0.2) is 4.79 Å². The number of aliphatic hydroxyl groups is 7. The second-order valence-corrected chi connectivity index (χ2v) is 7.86. The van der Waals surface area contributed by atoms with Crippen molar-refractivity contribution in [3.63, 3.8) is 0 Å². The quantitative estimate of drug-likeness (QED) is 0.163. The Balaban J connectivity index is 1.70. The molecule has 9 atom stereocenters. The molecule has 14 heteroatoms. The fourth-order valence-corrected chi connectivity index (χ4v) is 3.66. The summed E-state index contributed by atoms with van der Waals surface area (Å²) in [4.78, 5) is 12.3. The minimum absolute atomic E-state index is 0.000855. The maximum absolute atomic E-state index is 12.3. The number of hydrogen-bond donors (Lipinski definition) is 8. The molecule has 0 saturated carbocycles. The molecule has 0 aromatic heterocycles. The molecule has 0 aliphatic carbocycles. The number of carbonyl (C=O) groups excluding carboxylic acids is 1. The summed E-state index contributed by atoms with van der Waals surface area (Å²) in [6, 6.07) is 3.68. The Labute approximate surface area is 193 Å². The van der Waals surface area contributed by atoms with E-state index in [1.54, 1.807) is 0 Å². The first-order valence-electron chi connectivity index (χ1n) is 10.3. The summed E-state index contributed by atoms with van der Waals surface area (Å²) >= 11 is 0. The molecule has 2 saturated heterocycles. The Bertz CT molecular complexity index is 851. The first-order valence-corrected chi connectivity index (χ1v) is 10.3. The van der Waals surface area contributed by atoms with E-state index in [1.807, 2.05) is 0 Å². The average Bonchev–Trinajstić information content (AvgIpc) is 3.08. The monoisotopic (exact) mass is 492 g/mol. The van der Waals surface area contributed by atoms with E-state index in [0.29, 0.717) is 0 Å². The topological polar surface area (TPSA) is 225 Å². The largest absolute Gasteiger partial charge is 0.504 e. The molecular formula is C20H28O14. The molecule has 0 radical (unpaired) electrons. The van der Waals surface area contributed by atoms with Crippen LogP contribution in [0.4, 0.5) is 0 Å². The maximum Gasteiger partial charge on any atom is 0.338 e. The Morgan fingerprint density at radius 2 is 1.74 bits per heavy atom. The summed E-state index contributed by atoms with van der Waals surface area (Å²) in [6.45, 7) is -2.38. The number of esters is 1. The van der Waals surface area contributed by atoms with Gasteiger partial charge in [0, 0.05) is 0 Å². The second-order valence-electron chi connectivity index (χ2n) is 7.86. The Morgan fingerprint density at radius 1 is 1.03 bits per heavy atom. The van der Waals surface area contributed by atoms with Gasteiger partial charge in [0.05, 0.1) is 19.3 Å². The molecule has 2 fully saturated rings. The molecule has 0 unspecified atom stereocenters. The van der Waals surface area contributed by atoms with Gasteiger partial charge < -0.3 is 64.5 Å². The number of aliphatic hydroxyl groups excluding tert-OH is 7. The highest BCUT2D eigenvalue weighted by Crippen LogP contribution is 2.36. The summed E-state index contributed by atoms with van der Waals surface area (Å²) in [5.74, 6) is -3.40. The van der Waals surface area contributed by atoms with Gasteiger partial charge in [-0.15, -0.1) is 0 Å². The van der Waals surface area contributed by atoms with Crippen LogP contribution in [0.3, 0.4) is 0 Å². The number of rotatable bonds is 8. The molecule has 1 aromatic carbocycles. The number of phenolic OH excluding ortho intramolecular Hbond substituents is 1. The third-order valence-corrected chi connectivity index (χ3v) is 5.68. The van der Waals surface area contributed by atoms with Crippen molar-refractivity contribution in [3.8, 4) is 11.5 Å². The van der Waals surface area contributed by atoms with Crippen molar-refractivity contribution in [2.45, 2.75) is 54.8 Å². The highest BCUT2D eigenvalue weighted by atomic mass is 16.8. The van der Waals surface area contributed by atoms with Crippen LogP contribution in [0.1, 0.15) is 10.4 Å². The van der Waals surface area contributed by atoms with Gasteiger partial charge in [0.2, 0.25) is 5.79 Å². The SMILES string of the molecule is COc1cc(C(=O)OC[C@@H]2O[C@@H](O[C@]3(CO)O[C@H](CO)[C@@H](O)[C@@H]3O)[C@@H](O)[C@H](O)[C@H]2O)ccc1O. The van der Waals surface area contributed by atoms with Gasteiger partial charge in [-0.1, -0.05) is 0 Å². The van der Waals surface area contributed by atoms with Gasteiger partial charge in [0.1, 0.15) is 55.9 Å². The number of carbonyl (C=O) groups is 1. The number of hydrogen-bond acceptors (Lipinski definition) is 14. The lowest BCUT2D eigenvalue weighted by atomic mass is 9.99. The predicted octanol–water partition coefficient (Wildman–Crippen LogP) is -3.82. The molecule has 2 heterocycles. The smallest absolute Gasteiger partial charge is 0.338 e. The Kier molecular flexibility index (Phi) is 8.30. The zero-order chi connectivity index (χ0) is 25.2. The van der Waals surface area contributed by atoms with Gasteiger partial charge >= 0.3 is 5.97 Å². The molecule has 2 aliphatic rings. The van der Waals surface area contributed by atoms with Crippen LogP contribution in [0.25, 0.3) is 0 Å². The van der Waals surface area contributed by atoms with Crippen molar-refractivity contribution in [3.05, 3.63) is 23.8 Å². The lowest BCUT2D eigenvalue weighted by Gasteiger charge is -2.43. The van der Waals surface area contributed by atoms with E-state index in [9.17, 15) is 45.6 Å². The molecular weight excluding hydrogens is 464 g/mol. The van der Waals surface area contributed by atoms with Crippen LogP contribution in [-0.2, 0) is 18.9 Å². The molecule has 2 aliphatic heterocycles. The predicted molar refractivity (Wildman–Crippen MR) is 106 cm³/mol. The highest BCUT2D eigenvalue weighted by Gasteiger charge is 2.58. The van der Waals surface area contributed by atoms with E-state index in [1.165, 1.54) is 25.3 Å². The van der Waals surface area contributed by atoms with Crippen LogP contribution in [-0.4, -0.2) is 129 Å².